The van der Waals surface area contributed by atoms with Crippen LogP contribution in [-0.2, 0) is 4.79 Å². The first-order valence-corrected chi connectivity index (χ1v) is 12.0. The minimum atomic E-state index is -5.22. The van der Waals surface area contributed by atoms with Gasteiger partial charge in [0, 0.05) is 69.5 Å². The highest BCUT2D eigenvalue weighted by Crippen LogP contribution is 2.33. The van der Waals surface area contributed by atoms with E-state index in [2.05, 4.69) is 34.1 Å². The molecule has 4 heterocycles. The van der Waals surface area contributed by atoms with Gasteiger partial charge in [-0.25, -0.2) is 14.8 Å². The highest BCUT2D eigenvalue weighted by molar-refractivity contribution is 5.79. The van der Waals surface area contributed by atoms with Gasteiger partial charge in [-0.2, -0.15) is 23.2 Å². The number of carbonyl (C=O) groups excluding carboxylic acids is 1. The Morgan fingerprint density at radius 1 is 1.18 bits per heavy atom. The van der Waals surface area contributed by atoms with Crippen LogP contribution in [0.1, 0.15) is 19.4 Å². The van der Waals surface area contributed by atoms with Gasteiger partial charge in [0.25, 0.3) is 0 Å². The van der Waals surface area contributed by atoms with Crippen molar-refractivity contribution < 1.29 is 22.8 Å². The molecule has 0 unspecified atom stereocenters. The standard InChI is InChI=1S/C25H27F3N8O2/c1-16(2)15-34(3)24-32-13-19(14-33-24)20-10-17(4-5-31-20)21-11-18(12-29)22(35-8-6-30-7-9-35)36(21)38-23(37)25(26,27)28/h4-5,10-11,13-14,16,30H,6-9,15H2,1-3H3. The van der Waals surface area contributed by atoms with E-state index < -0.39 is 12.1 Å². The van der Waals surface area contributed by atoms with Crippen LogP contribution in [0.2, 0.25) is 0 Å². The number of nitriles is 1. The Bertz CT molecular complexity index is 1330. The fraction of sp³-hybridized carbons (Fsp3) is 0.400. The lowest BCUT2D eigenvalue weighted by Crippen LogP contribution is -2.45. The highest BCUT2D eigenvalue weighted by atomic mass is 19.4. The molecule has 3 aromatic heterocycles. The molecule has 200 valence electrons. The average molecular weight is 529 g/mol. The molecule has 0 saturated carbocycles. The van der Waals surface area contributed by atoms with E-state index in [0.29, 0.717) is 54.9 Å². The molecule has 4 rings (SSSR count). The van der Waals surface area contributed by atoms with Gasteiger partial charge in [-0.15, -0.1) is 0 Å². The van der Waals surface area contributed by atoms with Crippen LogP contribution in [0.4, 0.5) is 24.9 Å². The number of nitrogens with one attached hydrogen (secondary N) is 1. The maximum absolute atomic E-state index is 13.2. The molecule has 0 atom stereocenters. The lowest BCUT2D eigenvalue weighted by Gasteiger charge is -2.30. The molecule has 0 spiro atoms. The van der Waals surface area contributed by atoms with Crippen LogP contribution in [0.15, 0.2) is 36.8 Å². The van der Waals surface area contributed by atoms with E-state index in [1.54, 1.807) is 29.4 Å². The van der Waals surface area contributed by atoms with Crippen LogP contribution >= 0.6 is 0 Å². The summed E-state index contributed by atoms with van der Waals surface area (Å²) in [6, 6.07) is 6.60. The van der Waals surface area contributed by atoms with E-state index >= 15 is 0 Å². The Labute approximate surface area is 217 Å². The second-order valence-corrected chi connectivity index (χ2v) is 9.26. The summed E-state index contributed by atoms with van der Waals surface area (Å²) < 4.78 is 40.3. The first-order valence-electron chi connectivity index (χ1n) is 12.0. The number of carbonyl (C=O) groups is 1. The Morgan fingerprint density at radius 3 is 2.47 bits per heavy atom. The maximum atomic E-state index is 13.2. The molecule has 1 N–H and O–H groups in total. The molecule has 10 nitrogen and oxygen atoms in total. The van der Waals surface area contributed by atoms with Crippen molar-refractivity contribution in [2.45, 2.75) is 20.0 Å². The second-order valence-electron chi connectivity index (χ2n) is 9.26. The molecule has 1 fully saturated rings. The van der Waals surface area contributed by atoms with Crippen LogP contribution < -0.4 is 20.0 Å². The van der Waals surface area contributed by atoms with Crippen molar-refractivity contribution in [1.82, 2.24) is 25.0 Å². The largest absolute Gasteiger partial charge is 0.493 e. The van der Waals surface area contributed by atoms with Gasteiger partial charge in [0.05, 0.1) is 17.0 Å². The normalized spacial score (nSPS) is 13.9. The van der Waals surface area contributed by atoms with E-state index in [9.17, 15) is 23.2 Å². The van der Waals surface area contributed by atoms with Gasteiger partial charge in [-0.1, -0.05) is 13.8 Å². The number of halogens is 3. The quantitative estimate of drug-likeness (QED) is 0.495. The molecule has 38 heavy (non-hydrogen) atoms. The topological polar surface area (TPSA) is 112 Å². The number of rotatable bonds is 7. The number of alkyl halides is 3. The SMILES string of the molecule is CC(C)CN(C)c1ncc(-c2cc(-c3cc(C#N)c(N4CCNCC4)n3OC(=O)C(F)(F)F)ccn2)cn1. The lowest BCUT2D eigenvalue weighted by molar-refractivity contribution is -0.199. The van der Waals surface area contributed by atoms with Crippen LogP contribution in [0.3, 0.4) is 0 Å². The van der Waals surface area contributed by atoms with Gasteiger partial charge in [0.2, 0.25) is 5.95 Å². The smallest absolute Gasteiger partial charge is 0.352 e. The molecule has 0 radical (unpaired) electrons. The Morgan fingerprint density at radius 2 is 1.87 bits per heavy atom. The first kappa shape index (κ1) is 26.9. The molecule has 0 aliphatic carbocycles. The number of pyridine rings is 1. The zero-order valence-corrected chi connectivity index (χ0v) is 21.2. The van der Waals surface area contributed by atoms with Crippen molar-refractivity contribution in [1.29, 1.82) is 5.26 Å². The third-order valence-corrected chi connectivity index (χ3v) is 5.85. The van der Waals surface area contributed by atoms with E-state index in [4.69, 9.17) is 4.84 Å². The zero-order chi connectivity index (χ0) is 27.4. The summed E-state index contributed by atoms with van der Waals surface area (Å²) in [5, 5.41) is 12.9. The molecular formula is C25H27F3N8O2. The summed E-state index contributed by atoms with van der Waals surface area (Å²) in [7, 11) is 1.90. The fourth-order valence-corrected chi connectivity index (χ4v) is 4.20. The Hall–Kier alpha value is -4.18. The fourth-order valence-electron chi connectivity index (χ4n) is 4.20. The molecule has 0 aromatic carbocycles. The average Bonchev–Trinajstić information content (AvgIpc) is 3.26. The summed E-state index contributed by atoms with van der Waals surface area (Å²) in [6.07, 6.45) is -0.523. The van der Waals surface area contributed by atoms with Crippen molar-refractivity contribution in [2.75, 3.05) is 49.6 Å². The third kappa shape index (κ3) is 5.86. The van der Waals surface area contributed by atoms with E-state index in [-0.39, 0.29) is 17.1 Å². The number of anilines is 2. The van der Waals surface area contributed by atoms with Crippen LogP contribution in [-0.4, -0.2) is 71.6 Å². The third-order valence-electron chi connectivity index (χ3n) is 5.85. The van der Waals surface area contributed by atoms with Gasteiger partial charge in [-0.3, -0.25) is 4.98 Å². The summed E-state index contributed by atoms with van der Waals surface area (Å²) in [6.45, 7) is 6.90. The summed E-state index contributed by atoms with van der Waals surface area (Å²) >= 11 is 0. The van der Waals surface area contributed by atoms with Crippen LogP contribution in [0.25, 0.3) is 22.5 Å². The van der Waals surface area contributed by atoms with Crippen LogP contribution in [0.5, 0.6) is 0 Å². The van der Waals surface area contributed by atoms with Crippen molar-refractivity contribution in [2.24, 2.45) is 5.92 Å². The number of piperazine rings is 1. The van der Waals surface area contributed by atoms with Crippen molar-refractivity contribution in [3.8, 4) is 28.6 Å². The van der Waals surface area contributed by atoms with Gasteiger partial charge >= 0.3 is 12.1 Å². The minimum absolute atomic E-state index is 0.0797. The maximum Gasteiger partial charge on any atom is 0.493 e. The summed E-state index contributed by atoms with van der Waals surface area (Å²) in [4.78, 5) is 33.5. The van der Waals surface area contributed by atoms with Gasteiger partial charge in [0.15, 0.2) is 5.82 Å². The summed E-state index contributed by atoms with van der Waals surface area (Å²) in [5.41, 5.74) is 1.62. The molecule has 0 amide bonds. The molecular weight excluding hydrogens is 501 g/mol. The lowest BCUT2D eigenvalue weighted by atomic mass is 10.1. The van der Waals surface area contributed by atoms with E-state index in [1.165, 1.54) is 12.3 Å². The van der Waals surface area contributed by atoms with Gasteiger partial charge < -0.3 is 20.0 Å². The number of aromatic nitrogens is 4. The van der Waals surface area contributed by atoms with Gasteiger partial charge in [-0.05, 0) is 24.1 Å². The molecule has 3 aromatic rings. The molecule has 0 bridgehead atoms. The Balaban J connectivity index is 1.75. The number of hydrogen-bond acceptors (Lipinski definition) is 9. The molecule has 13 heteroatoms. The first-order chi connectivity index (χ1) is 18.1. The zero-order valence-electron chi connectivity index (χ0n) is 21.2. The van der Waals surface area contributed by atoms with Gasteiger partial charge in [0.1, 0.15) is 6.07 Å². The predicted octanol–water partition coefficient (Wildman–Crippen LogP) is 2.90. The van der Waals surface area contributed by atoms with Crippen molar-refractivity contribution in [3.05, 3.63) is 42.4 Å². The monoisotopic (exact) mass is 528 g/mol. The second kappa shape index (κ2) is 11.1. The van der Waals surface area contributed by atoms with Crippen LogP contribution in [0, 0.1) is 17.2 Å². The molecule has 1 saturated heterocycles. The summed E-state index contributed by atoms with van der Waals surface area (Å²) in [5.74, 6) is -1.33. The van der Waals surface area contributed by atoms with Crippen molar-refractivity contribution >= 4 is 17.7 Å². The highest BCUT2D eigenvalue weighted by Gasteiger charge is 2.43. The minimum Gasteiger partial charge on any atom is -0.352 e. The number of hydrogen-bond donors (Lipinski definition) is 1. The molecule has 1 aliphatic rings. The van der Waals surface area contributed by atoms with Crippen molar-refractivity contribution in [3.63, 3.8) is 0 Å². The Kier molecular flexibility index (Phi) is 7.82. The predicted molar refractivity (Wildman–Crippen MR) is 134 cm³/mol. The number of nitrogens with zero attached hydrogens (tertiary/aromatic N) is 7. The van der Waals surface area contributed by atoms with E-state index in [0.717, 1.165) is 11.3 Å². The molecule has 1 aliphatic heterocycles. The van der Waals surface area contributed by atoms with E-state index in [1.807, 2.05) is 18.0 Å².